The Morgan fingerprint density at radius 2 is 1.76 bits per heavy atom. The zero-order valence-corrected chi connectivity index (χ0v) is 9.95. The summed E-state index contributed by atoms with van der Waals surface area (Å²) in [6.07, 6.45) is 0. The van der Waals surface area contributed by atoms with Gasteiger partial charge in [-0.1, -0.05) is 5.75 Å². The van der Waals surface area contributed by atoms with E-state index in [1.54, 1.807) is 0 Å². The Morgan fingerprint density at radius 1 is 1.29 bits per heavy atom. The molecule has 0 aliphatic rings. The van der Waals surface area contributed by atoms with E-state index in [0.29, 0.717) is 12.1 Å². The van der Waals surface area contributed by atoms with Crippen molar-refractivity contribution in [2.24, 2.45) is 0 Å². The minimum Gasteiger partial charge on any atom is -0.871 e. The van der Waals surface area contributed by atoms with Crippen LogP contribution in [0.2, 0.25) is 0 Å². The minimum atomic E-state index is -4.61. The Bertz CT molecular complexity index is 529. The summed E-state index contributed by atoms with van der Waals surface area (Å²) in [5, 5.41) is 21.5. The van der Waals surface area contributed by atoms with Crippen molar-refractivity contribution in [2.75, 3.05) is 5.73 Å². The molecule has 0 spiro atoms. The van der Waals surface area contributed by atoms with Gasteiger partial charge in [-0.3, -0.25) is 4.55 Å². The molecule has 10 heteroatoms. The summed E-state index contributed by atoms with van der Waals surface area (Å²) in [5.41, 5.74) is 3.57. The Balaban J connectivity index is 0. The van der Waals surface area contributed by atoms with E-state index in [4.69, 9.17) is 10.3 Å². The van der Waals surface area contributed by atoms with Gasteiger partial charge in [-0.15, -0.1) is 0 Å². The molecule has 0 fully saturated rings. The normalized spacial score (nSPS) is 9.94. The third-order valence-corrected chi connectivity index (χ3v) is 2.44. The first-order chi connectivity index (χ1) is 6.73. The summed E-state index contributed by atoms with van der Waals surface area (Å²) in [6.45, 7) is 0. The van der Waals surface area contributed by atoms with E-state index in [9.17, 15) is 23.4 Å². The first kappa shape index (κ1) is 18.8. The van der Waals surface area contributed by atoms with E-state index < -0.39 is 38.0 Å². The molecule has 82 valence electrons. The predicted octanol–water partition coefficient (Wildman–Crippen LogP) is -8.04. The summed E-state index contributed by atoms with van der Waals surface area (Å²) < 4.78 is 29.9. The van der Waals surface area contributed by atoms with Crippen LogP contribution in [0.5, 0.6) is 5.75 Å². The fourth-order valence-electron chi connectivity index (χ4n) is 0.924. The van der Waals surface area contributed by atoms with Crippen LogP contribution in [-0.2, 0) is 10.1 Å². The Morgan fingerprint density at radius 3 is 2.12 bits per heavy atom. The summed E-state index contributed by atoms with van der Waals surface area (Å²) in [5.74, 6) is -2.92. The number of anilines is 1. The van der Waals surface area contributed by atoms with Gasteiger partial charge in [0.1, 0.15) is 0 Å². The molecule has 0 heterocycles. The summed E-state index contributed by atoms with van der Waals surface area (Å²) >= 11 is 0. The maximum Gasteiger partial charge on any atom is 1.00 e. The molecule has 0 aliphatic heterocycles. The molecule has 1 aromatic rings. The third kappa shape index (κ3) is 4.28. The first-order valence-electron chi connectivity index (χ1n) is 3.53. The molecule has 0 amide bonds. The number of benzene rings is 1. The quantitative estimate of drug-likeness (QED) is 0.299. The average molecular weight is 245 g/mol. The van der Waals surface area contributed by atoms with Crippen LogP contribution >= 0.6 is 0 Å². The van der Waals surface area contributed by atoms with Crippen LogP contribution < -0.4 is 53.7 Å². The van der Waals surface area contributed by atoms with Gasteiger partial charge in [0, 0.05) is 5.69 Å². The van der Waals surface area contributed by atoms with Gasteiger partial charge in [0.25, 0.3) is 10.1 Å². The molecule has 0 unspecified atom stereocenters. The van der Waals surface area contributed by atoms with Crippen LogP contribution in [0.1, 0.15) is 10.4 Å². The molecule has 0 aliphatic carbocycles. The first-order valence-corrected chi connectivity index (χ1v) is 4.97. The predicted molar refractivity (Wildman–Crippen MR) is 44.4 cm³/mol. The molecule has 0 bridgehead atoms. The molecule has 0 atom stereocenters. The van der Waals surface area contributed by atoms with E-state index >= 15 is 0 Å². The van der Waals surface area contributed by atoms with Crippen molar-refractivity contribution in [3.05, 3.63) is 17.7 Å². The van der Waals surface area contributed by atoms with E-state index in [1.165, 1.54) is 0 Å². The number of carbonyl (C=O) groups is 1. The molecule has 0 radical (unpaired) electrons. The molecule has 0 saturated heterocycles. The van der Waals surface area contributed by atoms with Crippen molar-refractivity contribution >= 4 is 21.8 Å². The second-order valence-corrected chi connectivity index (χ2v) is 4.07. The number of carboxylic acid groups (broad SMARTS) is 1. The fraction of sp³-hybridized carbons (Fsp3) is 0. The molecule has 1 rings (SSSR count). The van der Waals surface area contributed by atoms with Gasteiger partial charge in [-0.2, -0.15) is 8.42 Å². The van der Waals surface area contributed by atoms with Crippen molar-refractivity contribution in [2.45, 2.75) is 4.90 Å². The van der Waals surface area contributed by atoms with Crippen LogP contribution in [0.15, 0.2) is 17.0 Å². The molecule has 0 saturated carbocycles. The zero-order valence-electron chi connectivity index (χ0n) is 9.13. The molecule has 0 aromatic heterocycles. The maximum absolute atomic E-state index is 11.1. The van der Waals surface area contributed by atoms with Gasteiger partial charge in [0.05, 0.1) is 10.9 Å². The number of nitrogen functional groups attached to an aromatic ring is 1. The third-order valence-electron chi connectivity index (χ3n) is 1.61. The summed E-state index contributed by atoms with van der Waals surface area (Å²) in [7, 11) is -4.61. The largest absolute Gasteiger partial charge is 1.00 e. The van der Waals surface area contributed by atoms with Gasteiger partial charge in [-0.05, 0) is 17.7 Å². The van der Waals surface area contributed by atoms with Gasteiger partial charge < -0.3 is 20.7 Å². The molecule has 3 N–H and O–H groups in total. The number of carbonyl (C=O) groups excluding carboxylic acids is 1. The van der Waals surface area contributed by atoms with Crippen molar-refractivity contribution in [1.82, 2.24) is 0 Å². The average Bonchev–Trinajstić information content (AvgIpc) is 2.06. The van der Waals surface area contributed by atoms with E-state index in [2.05, 4.69) is 0 Å². The van der Waals surface area contributed by atoms with Crippen molar-refractivity contribution in [3.63, 3.8) is 0 Å². The zero-order chi connectivity index (χ0) is 11.8. The summed E-state index contributed by atoms with van der Waals surface area (Å²) in [6, 6.07) is 1.16. The summed E-state index contributed by atoms with van der Waals surface area (Å²) in [4.78, 5) is 9.65. The maximum atomic E-state index is 11.1. The van der Waals surface area contributed by atoms with Crippen LogP contribution in [0, 0.1) is 0 Å². The molecule has 1 aromatic carbocycles. The Kier molecular flexibility index (Phi) is 7.02. The SMILES string of the molecule is Nc1cc(S(=O)(=O)O)cc(C(=O)[O-])c1[O-].[Li+].[Li+]. The molecular weight excluding hydrogens is 240 g/mol. The Labute approximate surface area is 121 Å². The van der Waals surface area contributed by atoms with Crippen LogP contribution in [0.25, 0.3) is 0 Å². The second kappa shape index (κ2) is 6.36. The second-order valence-electron chi connectivity index (χ2n) is 2.65. The topological polar surface area (TPSA) is 144 Å². The standard InChI is InChI=1S/C7H7NO6S.2Li/c8-5-2-3(15(12,13)14)1-4(6(5)9)7(10)11;;/h1-2,9H,8H2,(H,10,11)(H,12,13,14);;/q;2*+1/p-2. The number of hydrogen-bond acceptors (Lipinski definition) is 6. The van der Waals surface area contributed by atoms with Gasteiger partial charge in [0.2, 0.25) is 0 Å². The van der Waals surface area contributed by atoms with E-state index in [-0.39, 0.29) is 37.7 Å². The van der Waals surface area contributed by atoms with Crippen LogP contribution in [-0.4, -0.2) is 18.9 Å². The fourth-order valence-corrected chi connectivity index (χ4v) is 1.47. The van der Waals surface area contributed by atoms with Gasteiger partial charge in [-0.25, -0.2) is 0 Å². The monoisotopic (exact) mass is 245 g/mol. The van der Waals surface area contributed by atoms with Crippen LogP contribution in [0.3, 0.4) is 0 Å². The molecular formula is C7H5Li2NO6S. The van der Waals surface area contributed by atoms with Gasteiger partial charge in [0.15, 0.2) is 0 Å². The van der Waals surface area contributed by atoms with Gasteiger partial charge >= 0.3 is 37.7 Å². The number of aromatic carboxylic acids is 1. The smallest absolute Gasteiger partial charge is 0.871 e. The Hall–Kier alpha value is -0.605. The number of nitrogens with two attached hydrogens (primary N) is 1. The minimum absolute atomic E-state index is 0. The number of hydrogen-bond donors (Lipinski definition) is 2. The number of rotatable bonds is 2. The van der Waals surface area contributed by atoms with Crippen molar-refractivity contribution < 1.29 is 65.7 Å². The number of carboxylic acids is 1. The van der Waals surface area contributed by atoms with Crippen LogP contribution in [0.4, 0.5) is 5.69 Å². The van der Waals surface area contributed by atoms with E-state index in [0.717, 1.165) is 0 Å². The van der Waals surface area contributed by atoms with E-state index in [1.807, 2.05) is 0 Å². The van der Waals surface area contributed by atoms with Crippen molar-refractivity contribution in [1.29, 1.82) is 0 Å². The molecule has 7 nitrogen and oxygen atoms in total. The molecule has 17 heavy (non-hydrogen) atoms. The van der Waals surface area contributed by atoms with Crippen molar-refractivity contribution in [3.8, 4) is 5.75 Å².